The van der Waals surface area contributed by atoms with Gasteiger partial charge < -0.3 is 11.1 Å². The van der Waals surface area contributed by atoms with E-state index in [9.17, 15) is 4.79 Å². The van der Waals surface area contributed by atoms with Gasteiger partial charge in [0.25, 0.3) is 0 Å². The molecule has 1 aromatic heterocycles. The lowest BCUT2D eigenvalue weighted by atomic mass is 9.99. The first-order chi connectivity index (χ1) is 8.56. The Labute approximate surface area is 108 Å². The maximum absolute atomic E-state index is 11.9. The summed E-state index contributed by atoms with van der Waals surface area (Å²) in [6.45, 7) is 1.98. The molecule has 0 aliphatic heterocycles. The van der Waals surface area contributed by atoms with Gasteiger partial charge in [0, 0.05) is 31.3 Å². The lowest BCUT2D eigenvalue weighted by molar-refractivity contribution is -0.122. The number of hydrogen-bond acceptors (Lipinski definition) is 3. The van der Waals surface area contributed by atoms with Crippen LogP contribution in [-0.2, 0) is 11.8 Å². The SMILES string of the molecule is CC(NC(=O)C[C@@H]1CCC[C@H]1N)c1cnn(C)c1. The van der Waals surface area contributed by atoms with Crippen molar-refractivity contribution in [2.45, 2.75) is 44.7 Å². The van der Waals surface area contributed by atoms with Gasteiger partial charge in [-0.25, -0.2) is 0 Å². The Bertz CT molecular complexity index is 415. The number of aryl methyl sites for hydroxylation is 1. The lowest BCUT2D eigenvalue weighted by Crippen LogP contribution is -2.32. The van der Waals surface area contributed by atoms with Crippen molar-refractivity contribution in [3.8, 4) is 0 Å². The molecule has 1 aromatic rings. The molecular formula is C13H22N4O. The molecule has 2 rings (SSSR count). The molecule has 0 spiro atoms. The van der Waals surface area contributed by atoms with E-state index in [0.29, 0.717) is 12.3 Å². The van der Waals surface area contributed by atoms with Crippen molar-refractivity contribution < 1.29 is 4.79 Å². The van der Waals surface area contributed by atoms with Crippen LogP contribution in [0.1, 0.15) is 44.2 Å². The van der Waals surface area contributed by atoms with Gasteiger partial charge in [-0.15, -0.1) is 0 Å². The van der Waals surface area contributed by atoms with Gasteiger partial charge in [0.1, 0.15) is 0 Å². The molecule has 1 fully saturated rings. The van der Waals surface area contributed by atoms with E-state index >= 15 is 0 Å². The number of nitrogens with two attached hydrogens (primary N) is 1. The average Bonchev–Trinajstić information content (AvgIpc) is 2.89. The Balaban J connectivity index is 1.83. The van der Waals surface area contributed by atoms with E-state index in [0.717, 1.165) is 24.8 Å². The van der Waals surface area contributed by atoms with E-state index in [1.165, 1.54) is 0 Å². The van der Waals surface area contributed by atoms with Crippen molar-refractivity contribution in [3.05, 3.63) is 18.0 Å². The molecule has 0 saturated heterocycles. The topological polar surface area (TPSA) is 72.9 Å². The highest BCUT2D eigenvalue weighted by Gasteiger charge is 2.26. The molecule has 1 heterocycles. The number of hydrogen-bond donors (Lipinski definition) is 2. The Morgan fingerprint density at radius 1 is 1.67 bits per heavy atom. The van der Waals surface area contributed by atoms with Crippen molar-refractivity contribution in [2.24, 2.45) is 18.7 Å². The standard InChI is InChI=1S/C13H22N4O/c1-9(11-7-15-17(2)8-11)16-13(18)6-10-4-3-5-12(10)14/h7-10,12H,3-6,14H2,1-2H3,(H,16,18)/t9?,10-,12+/m0/s1. The molecule has 1 aliphatic rings. The van der Waals surface area contributed by atoms with Crippen LogP contribution in [0.5, 0.6) is 0 Å². The zero-order chi connectivity index (χ0) is 13.1. The normalized spacial score (nSPS) is 25.1. The molecule has 3 atom stereocenters. The van der Waals surface area contributed by atoms with Crippen molar-refractivity contribution in [1.29, 1.82) is 0 Å². The monoisotopic (exact) mass is 250 g/mol. The Morgan fingerprint density at radius 3 is 3.00 bits per heavy atom. The molecule has 0 aromatic carbocycles. The predicted molar refractivity (Wildman–Crippen MR) is 69.7 cm³/mol. The van der Waals surface area contributed by atoms with Crippen molar-refractivity contribution in [2.75, 3.05) is 0 Å². The van der Waals surface area contributed by atoms with E-state index in [-0.39, 0.29) is 18.0 Å². The smallest absolute Gasteiger partial charge is 0.220 e. The van der Waals surface area contributed by atoms with Crippen molar-refractivity contribution >= 4 is 5.91 Å². The third-order valence-electron chi connectivity index (χ3n) is 3.77. The largest absolute Gasteiger partial charge is 0.349 e. The summed E-state index contributed by atoms with van der Waals surface area (Å²) in [7, 11) is 1.87. The molecule has 1 aliphatic carbocycles. The maximum atomic E-state index is 11.9. The molecule has 18 heavy (non-hydrogen) atoms. The van der Waals surface area contributed by atoms with Gasteiger partial charge in [0.15, 0.2) is 0 Å². The maximum Gasteiger partial charge on any atom is 0.220 e. The summed E-state index contributed by atoms with van der Waals surface area (Å²) in [5.41, 5.74) is 7.01. The number of nitrogens with zero attached hydrogens (tertiary/aromatic N) is 2. The van der Waals surface area contributed by atoms with Gasteiger partial charge in [0.05, 0.1) is 12.2 Å². The van der Waals surface area contributed by atoms with Gasteiger partial charge in [-0.1, -0.05) is 6.42 Å². The fourth-order valence-electron chi connectivity index (χ4n) is 2.60. The predicted octanol–water partition coefficient (Wildman–Crippen LogP) is 1.11. The van der Waals surface area contributed by atoms with E-state index in [1.54, 1.807) is 10.9 Å². The molecule has 1 saturated carbocycles. The zero-order valence-electron chi connectivity index (χ0n) is 11.1. The van der Waals surface area contributed by atoms with E-state index in [1.807, 2.05) is 20.2 Å². The second kappa shape index (κ2) is 5.52. The van der Waals surface area contributed by atoms with Crippen molar-refractivity contribution in [1.82, 2.24) is 15.1 Å². The van der Waals surface area contributed by atoms with E-state index in [2.05, 4.69) is 10.4 Å². The molecule has 5 nitrogen and oxygen atoms in total. The number of nitrogens with one attached hydrogen (secondary N) is 1. The number of carbonyl (C=O) groups excluding carboxylic acids is 1. The molecule has 0 radical (unpaired) electrons. The summed E-state index contributed by atoms with van der Waals surface area (Å²) in [5, 5.41) is 7.11. The molecule has 1 unspecified atom stereocenters. The van der Waals surface area contributed by atoms with Crippen molar-refractivity contribution in [3.63, 3.8) is 0 Å². The third kappa shape index (κ3) is 3.10. The minimum atomic E-state index is 0.00354. The summed E-state index contributed by atoms with van der Waals surface area (Å²) >= 11 is 0. The van der Waals surface area contributed by atoms with Crippen LogP contribution in [0.4, 0.5) is 0 Å². The number of amides is 1. The fourth-order valence-corrected chi connectivity index (χ4v) is 2.60. The average molecular weight is 250 g/mol. The fraction of sp³-hybridized carbons (Fsp3) is 0.692. The third-order valence-corrected chi connectivity index (χ3v) is 3.77. The number of rotatable bonds is 4. The molecule has 0 bridgehead atoms. The highest BCUT2D eigenvalue weighted by molar-refractivity contribution is 5.76. The highest BCUT2D eigenvalue weighted by Crippen LogP contribution is 2.26. The molecule has 3 N–H and O–H groups in total. The van der Waals surface area contributed by atoms with E-state index < -0.39 is 0 Å². The first-order valence-electron chi connectivity index (χ1n) is 6.59. The van der Waals surface area contributed by atoms with Crippen LogP contribution in [0.2, 0.25) is 0 Å². The number of carbonyl (C=O) groups is 1. The molecule has 100 valence electrons. The van der Waals surface area contributed by atoms with Crippen LogP contribution < -0.4 is 11.1 Å². The first kappa shape index (κ1) is 13.1. The zero-order valence-corrected chi connectivity index (χ0v) is 11.1. The van der Waals surface area contributed by atoms with Gasteiger partial charge in [-0.05, 0) is 25.7 Å². The minimum absolute atomic E-state index is 0.00354. The van der Waals surface area contributed by atoms with Gasteiger partial charge in [0.2, 0.25) is 5.91 Å². The summed E-state index contributed by atoms with van der Waals surface area (Å²) in [5.74, 6) is 0.444. The van der Waals surface area contributed by atoms with E-state index in [4.69, 9.17) is 5.73 Å². The van der Waals surface area contributed by atoms with Crippen LogP contribution in [0, 0.1) is 5.92 Å². The van der Waals surface area contributed by atoms with Crippen LogP contribution in [-0.4, -0.2) is 21.7 Å². The van der Waals surface area contributed by atoms with Crippen LogP contribution in [0.3, 0.4) is 0 Å². The molecule has 1 amide bonds. The highest BCUT2D eigenvalue weighted by atomic mass is 16.1. The lowest BCUT2D eigenvalue weighted by Gasteiger charge is -2.17. The number of aromatic nitrogens is 2. The second-order valence-corrected chi connectivity index (χ2v) is 5.30. The van der Waals surface area contributed by atoms with Crippen LogP contribution in [0.25, 0.3) is 0 Å². The minimum Gasteiger partial charge on any atom is -0.349 e. The quantitative estimate of drug-likeness (QED) is 0.841. The summed E-state index contributed by atoms with van der Waals surface area (Å²) < 4.78 is 1.74. The Morgan fingerprint density at radius 2 is 2.44 bits per heavy atom. The Hall–Kier alpha value is -1.36. The molecular weight excluding hydrogens is 228 g/mol. The summed E-state index contributed by atoms with van der Waals surface area (Å²) in [6.07, 6.45) is 7.54. The summed E-state index contributed by atoms with van der Waals surface area (Å²) in [6, 6.07) is 0.202. The van der Waals surface area contributed by atoms with Gasteiger partial charge in [-0.3, -0.25) is 9.48 Å². The summed E-state index contributed by atoms with van der Waals surface area (Å²) in [4.78, 5) is 11.9. The molecule has 5 heteroatoms. The first-order valence-corrected chi connectivity index (χ1v) is 6.59. The van der Waals surface area contributed by atoms with Gasteiger partial charge >= 0.3 is 0 Å². The Kier molecular flexibility index (Phi) is 4.01. The van der Waals surface area contributed by atoms with Gasteiger partial charge in [-0.2, -0.15) is 5.10 Å². The van der Waals surface area contributed by atoms with Crippen LogP contribution >= 0.6 is 0 Å². The second-order valence-electron chi connectivity index (χ2n) is 5.30. The van der Waals surface area contributed by atoms with Crippen LogP contribution in [0.15, 0.2) is 12.4 Å².